The average Bonchev–Trinajstić information content (AvgIpc) is 2.28. The number of carbonyl (C=O) groups is 2. The minimum absolute atomic E-state index is 0.0535. The number of halogens is 1. The van der Waals surface area contributed by atoms with Gasteiger partial charge in [0.25, 0.3) is 5.91 Å². The Bertz CT molecular complexity index is 447. The fraction of sp³-hybridized carbons (Fsp3) is 0.273. The lowest BCUT2D eigenvalue weighted by Crippen LogP contribution is -2.35. The van der Waals surface area contributed by atoms with E-state index in [1.165, 1.54) is 23.1 Å². The smallest absolute Gasteiger partial charge is 0.323 e. The minimum Gasteiger partial charge on any atom is -0.507 e. The molecular formula is C11H12BrNO4. The predicted octanol–water partition coefficient (Wildman–Crippen LogP) is 1.70. The molecule has 2 N–H and O–H groups in total. The normalized spacial score (nSPS) is 10.0. The van der Waals surface area contributed by atoms with Crippen LogP contribution in [0.15, 0.2) is 22.7 Å². The molecule has 0 aliphatic carbocycles. The van der Waals surface area contributed by atoms with Crippen LogP contribution >= 0.6 is 15.9 Å². The number of aliphatic carboxylic acids is 1. The van der Waals surface area contributed by atoms with Gasteiger partial charge in [-0.15, -0.1) is 0 Å². The van der Waals surface area contributed by atoms with E-state index < -0.39 is 11.9 Å². The number of hydrogen-bond acceptors (Lipinski definition) is 3. The van der Waals surface area contributed by atoms with Crippen molar-refractivity contribution in [3.63, 3.8) is 0 Å². The molecule has 0 aromatic heterocycles. The lowest BCUT2D eigenvalue weighted by Gasteiger charge is -2.18. The molecule has 0 saturated carbocycles. The van der Waals surface area contributed by atoms with Gasteiger partial charge in [0.1, 0.15) is 12.3 Å². The van der Waals surface area contributed by atoms with Crippen LogP contribution in [-0.4, -0.2) is 40.1 Å². The van der Waals surface area contributed by atoms with Crippen LogP contribution in [0.2, 0.25) is 0 Å². The lowest BCUT2D eigenvalue weighted by atomic mass is 10.2. The first kappa shape index (κ1) is 13.5. The summed E-state index contributed by atoms with van der Waals surface area (Å²) in [7, 11) is 0. The van der Waals surface area contributed by atoms with Gasteiger partial charge < -0.3 is 15.1 Å². The summed E-state index contributed by atoms with van der Waals surface area (Å²) < 4.78 is 0.482. The van der Waals surface area contributed by atoms with Crippen LogP contribution in [0, 0.1) is 0 Å². The molecule has 92 valence electrons. The van der Waals surface area contributed by atoms with Crippen LogP contribution in [0.5, 0.6) is 5.75 Å². The Morgan fingerprint density at radius 3 is 2.53 bits per heavy atom. The molecule has 0 saturated heterocycles. The van der Waals surface area contributed by atoms with Crippen molar-refractivity contribution in [2.75, 3.05) is 13.1 Å². The van der Waals surface area contributed by atoms with E-state index in [4.69, 9.17) is 5.11 Å². The van der Waals surface area contributed by atoms with E-state index in [0.29, 0.717) is 11.0 Å². The van der Waals surface area contributed by atoms with E-state index in [1.807, 2.05) is 0 Å². The second kappa shape index (κ2) is 5.67. The second-order valence-electron chi connectivity index (χ2n) is 3.38. The van der Waals surface area contributed by atoms with Gasteiger partial charge in [0.05, 0.1) is 4.47 Å². The maximum absolute atomic E-state index is 11.9. The Kier molecular flexibility index (Phi) is 4.51. The lowest BCUT2D eigenvalue weighted by molar-refractivity contribution is -0.137. The predicted molar refractivity (Wildman–Crippen MR) is 65.0 cm³/mol. The minimum atomic E-state index is -1.07. The highest BCUT2D eigenvalue weighted by Gasteiger charge is 2.17. The third-order valence-corrected chi connectivity index (χ3v) is 2.86. The molecule has 1 aromatic rings. The topological polar surface area (TPSA) is 77.8 Å². The summed E-state index contributed by atoms with van der Waals surface area (Å²) in [5.74, 6) is -1.54. The van der Waals surface area contributed by atoms with Gasteiger partial charge in [-0.3, -0.25) is 9.59 Å². The molecule has 6 heteroatoms. The van der Waals surface area contributed by atoms with Crippen LogP contribution in [0.25, 0.3) is 0 Å². The van der Waals surface area contributed by atoms with Crippen LogP contribution in [0.1, 0.15) is 17.3 Å². The van der Waals surface area contributed by atoms with E-state index >= 15 is 0 Å². The highest BCUT2D eigenvalue weighted by Crippen LogP contribution is 2.24. The summed E-state index contributed by atoms with van der Waals surface area (Å²) in [6.07, 6.45) is 0. The number of benzene rings is 1. The summed E-state index contributed by atoms with van der Waals surface area (Å²) in [5.41, 5.74) is 0.258. The Balaban J connectivity index is 2.93. The SMILES string of the molecule is CCN(CC(=O)O)C(=O)c1ccc(Br)c(O)c1. The van der Waals surface area contributed by atoms with E-state index in [2.05, 4.69) is 15.9 Å². The quantitative estimate of drug-likeness (QED) is 0.887. The second-order valence-corrected chi connectivity index (χ2v) is 4.23. The first-order valence-corrected chi connectivity index (χ1v) is 5.74. The maximum atomic E-state index is 11.9. The Labute approximate surface area is 107 Å². The molecule has 5 nitrogen and oxygen atoms in total. The summed E-state index contributed by atoms with van der Waals surface area (Å²) in [5, 5.41) is 18.1. The summed E-state index contributed by atoms with van der Waals surface area (Å²) in [6.45, 7) is 1.63. The molecule has 0 unspecified atom stereocenters. The highest BCUT2D eigenvalue weighted by molar-refractivity contribution is 9.10. The van der Waals surface area contributed by atoms with Crippen molar-refractivity contribution in [2.45, 2.75) is 6.92 Å². The highest BCUT2D eigenvalue weighted by atomic mass is 79.9. The number of carboxylic acids is 1. The number of carboxylic acid groups (broad SMARTS) is 1. The number of likely N-dealkylation sites (N-methyl/N-ethyl adjacent to an activating group) is 1. The zero-order valence-electron chi connectivity index (χ0n) is 9.18. The number of phenols is 1. The van der Waals surface area contributed by atoms with Gasteiger partial charge in [-0.25, -0.2) is 0 Å². The number of carbonyl (C=O) groups excluding carboxylic acids is 1. The monoisotopic (exact) mass is 301 g/mol. The van der Waals surface area contributed by atoms with Gasteiger partial charge in [0.2, 0.25) is 0 Å². The largest absolute Gasteiger partial charge is 0.507 e. The average molecular weight is 302 g/mol. The van der Waals surface area contributed by atoms with E-state index in [0.717, 1.165) is 0 Å². The third-order valence-electron chi connectivity index (χ3n) is 2.19. The number of hydrogen-bond donors (Lipinski definition) is 2. The van der Waals surface area contributed by atoms with Crippen molar-refractivity contribution in [2.24, 2.45) is 0 Å². The molecule has 1 aromatic carbocycles. The van der Waals surface area contributed by atoms with Gasteiger partial charge in [0.15, 0.2) is 0 Å². The van der Waals surface area contributed by atoms with E-state index in [1.54, 1.807) is 6.92 Å². The van der Waals surface area contributed by atoms with Crippen LogP contribution in [0.4, 0.5) is 0 Å². The van der Waals surface area contributed by atoms with Gasteiger partial charge in [0, 0.05) is 12.1 Å². The van der Waals surface area contributed by atoms with Crippen molar-refractivity contribution >= 4 is 27.8 Å². The molecular weight excluding hydrogens is 290 g/mol. The van der Waals surface area contributed by atoms with Gasteiger partial charge in [-0.1, -0.05) is 0 Å². The molecule has 0 atom stereocenters. The van der Waals surface area contributed by atoms with Crippen molar-refractivity contribution in [3.8, 4) is 5.75 Å². The van der Waals surface area contributed by atoms with Crippen molar-refractivity contribution in [1.29, 1.82) is 0 Å². The summed E-state index contributed by atoms with van der Waals surface area (Å²) >= 11 is 3.10. The molecule has 0 aliphatic heterocycles. The fourth-order valence-corrected chi connectivity index (χ4v) is 1.57. The van der Waals surface area contributed by atoms with Crippen LogP contribution in [-0.2, 0) is 4.79 Å². The number of nitrogens with zero attached hydrogens (tertiary/aromatic N) is 1. The number of aromatic hydroxyl groups is 1. The van der Waals surface area contributed by atoms with Crippen LogP contribution < -0.4 is 0 Å². The Hall–Kier alpha value is -1.56. The molecule has 0 radical (unpaired) electrons. The molecule has 1 rings (SSSR count). The zero-order valence-corrected chi connectivity index (χ0v) is 10.8. The first-order valence-electron chi connectivity index (χ1n) is 4.95. The van der Waals surface area contributed by atoms with E-state index in [-0.39, 0.29) is 17.9 Å². The van der Waals surface area contributed by atoms with Gasteiger partial charge in [-0.2, -0.15) is 0 Å². The van der Waals surface area contributed by atoms with Crippen LogP contribution in [0.3, 0.4) is 0 Å². The van der Waals surface area contributed by atoms with E-state index in [9.17, 15) is 14.7 Å². The third kappa shape index (κ3) is 3.45. The Morgan fingerprint density at radius 2 is 2.06 bits per heavy atom. The first-order chi connectivity index (χ1) is 7.95. The molecule has 0 bridgehead atoms. The Morgan fingerprint density at radius 1 is 1.41 bits per heavy atom. The molecule has 0 fully saturated rings. The van der Waals surface area contributed by atoms with Crippen molar-refractivity contribution in [3.05, 3.63) is 28.2 Å². The summed E-state index contributed by atoms with van der Waals surface area (Å²) in [6, 6.07) is 4.37. The van der Waals surface area contributed by atoms with Crippen molar-refractivity contribution in [1.82, 2.24) is 4.90 Å². The number of phenolic OH excluding ortho intramolecular Hbond substituents is 1. The molecule has 17 heavy (non-hydrogen) atoms. The standard InChI is InChI=1S/C11H12BrNO4/c1-2-13(6-10(15)16)11(17)7-3-4-8(12)9(14)5-7/h3-5,14H,2,6H2,1H3,(H,15,16). The fourth-order valence-electron chi connectivity index (χ4n) is 1.32. The molecule has 0 spiro atoms. The molecule has 0 aliphatic rings. The molecule has 0 heterocycles. The maximum Gasteiger partial charge on any atom is 0.323 e. The van der Waals surface area contributed by atoms with Gasteiger partial charge >= 0.3 is 5.97 Å². The number of amides is 1. The van der Waals surface area contributed by atoms with Gasteiger partial charge in [-0.05, 0) is 41.1 Å². The summed E-state index contributed by atoms with van der Waals surface area (Å²) in [4.78, 5) is 23.7. The molecule has 1 amide bonds. The number of rotatable bonds is 4. The zero-order chi connectivity index (χ0) is 13.0. The van der Waals surface area contributed by atoms with Crippen molar-refractivity contribution < 1.29 is 19.8 Å².